The van der Waals surface area contributed by atoms with Crippen LogP contribution in [0.4, 0.5) is 0 Å². The second-order valence-corrected chi connectivity index (χ2v) is 18.2. The monoisotopic (exact) mass is 599 g/mol. The molecule has 0 bridgehead atoms. The maximum absolute atomic E-state index is 13.0. The highest BCUT2D eigenvalue weighted by Gasteiger charge is 2.71. The van der Waals surface area contributed by atoms with Gasteiger partial charge in [-0.2, -0.15) is 0 Å². The largest absolute Gasteiger partial charge is 0.481 e. The zero-order chi connectivity index (χ0) is 32.0. The molecule has 0 aromatic rings. The summed E-state index contributed by atoms with van der Waals surface area (Å²) in [6.45, 7) is 22.2. The summed E-state index contributed by atoms with van der Waals surface area (Å²) in [6.07, 6.45) is 11.1. The molecule has 0 spiro atoms. The summed E-state index contributed by atoms with van der Waals surface area (Å²) in [7, 11) is 0. The number of hydrogen-bond donors (Lipinski definition) is 2. The van der Waals surface area contributed by atoms with E-state index in [2.05, 4.69) is 53.8 Å². The number of esters is 1. The Morgan fingerprint density at radius 1 is 0.860 bits per heavy atom. The summed E-state index contributed by atoms with van der Waals surface area (Å²) in [4.78, 5) is 37.2. The van der Waals surface area contributed by atoms with Crippen LogP contribution in [-0.4, -0.2) is 34.6 Å². The number of nitrogens with one attached hydrogen (secondary N) is 1. The predicted octanol–water partition coefficient (Wildman–Crippen LogP) is 8.03. The summed E-state index contributed by atoms with van der Waals surface area (Å²) in [5.41, 5.74) is -0.683. The molecule has 5 aliphatic rings. The zero-order valence-corrected chi connectivity index (χ0v) is 28.9. The first-order valence-corrected chi connectivity index (χ1v) is 17.5. The second kappa shape index (κ2) is 10.5. The molecule has 6 nitrogen and oxygen atoms in total. The first-order chi connectivity index (χ1) is 19.7. The molecule has 0 aromatic heterocycles. The van der Waals surface area contributed by atoms with Gasteiger partial charge in [-0.3, -0.25) is 14.4 Å². The van der Waals surface area contributed by atoms with E-state index >= 15 is 0 Å². The van der Waals surface area contributed by atoms with E-state index in [0.717, 1.165) is 32.1 Å². The van der Waals surface area contributed by atoms with E-state index in [4.69, 9.17) is 4.74 Å². The van der Waals surface area contributed by atoms with Gasteiger partial charge in [0.15, 0.2) is 0 Å². The number of amides is 1. The number of hydrogen-bond acceptors (Lipinski definition) is 4. The molecule has 0 radical (unpaired) electrons. The van der Waals surface area contributed by atoms with Gasteiger partial charge < -0.3 is 15.2 Å². The average Bonchev–Trinajstić information content (AvgIpc) is 3.25. The minimum Gasteiger partial charge on any atom is -0.481 e. The van der Waals surface area contributed by atoms with Crippen LogP contribution >= 0.6 is 0 Å². The molecule has 5 aliphatic carbocycles. The van der Waals surface area contributed by atoms with Gasteiger partial charge in [0.2, 0.25) is 5.91 Å². The maximum Gasteiger partial charge on any atom is 0.309 e. The second-order valence-electron chi connectivity index (χ2n) is 18.2. The highest BCUT2D eigenvalue weighted by Crippen LogP contribution is 2.76. The minimum absolute atomic E-state index is 0.0334. The Morgan fingerprint density at radius 3 is 2.14 bits per heavy atom. The molecule has 6 heteroatoms. The number of carboxylic acid groups (broad SMARTS) is 1. The molecule has 5 saturated carbocycles. The van der Waals surface area contributed by atoms with E-state index in [1.807, 2.05) is 0 Å². The van der Waals surface area contributed by atoms with Gasteiger partial charge in [-0.15, -0.1) is 0 Å². The minimum atomic E-state index is -1.13. The van der Waals surface area contributed by atoms with Crippen LogP contribution in [0.3, 0.4) is 0 Å². The van der Waals surface area contributed by atoms with Crippen molar-refractivity contribution in [3.05, 3.63) is 0 Å². The number of rotatable bonds is 6. The average molecular weight is 600 g/mol. The van der Waals surface area contributed by atoms with Crippen LogP contribution in [0.2, 0.25) is 0 Å². The Bertz CT molecular complexity index is 1140. The van der Waals surface area contributed by atoms with Crippen molar-refractivity contribution in [3.63, 3.8) is 0 Å². The van der Waals surface area contributed by atoms with Crippen LogP contribution in [-0.2, 0) is 19.1 Å². The van der Waals surface area contributed by atoms with Crippen LogP contribution in [0.1, 0.15) is 140 Å². The lowest BCUT2D eigenvalue weighted by molar-refractivity contribution is -0.247. The first kappa shape index (κ1) is 32.8. The molecule has 43 heavy (non-hydrogen) atoms. The Balaban J connectivity index is 1.42. The van der Waals surface area contributed by atoms with Crippen LogP contribution in [0.15, 0.2) is 0 Å². The molecule has 10 atom stereocenters. The lowest BCUT2D eigenvalue weighted by Gasteiger charge is -2.73. The van der Waals surface area contributed by atoms with Gasteiger partial charge in [0.05, 0.1) is 11.8 Å². The fraction of sp³-hybridized carbons (Fsp3) is 0.919. The number of ether oxygens (including phenoxy) is 1. The SMILES string of the molecule is CC(=O)N[C@]12CC[C@@H](C(C)C)[C@@H]1[C@H]1CC[C@@H]3[C@@]4(C)CC[C@H](OC(=O)CC(C)(C)C(=O)O)C(C)(C)[C@@H]4CC[C@@]3(C)[C@]1(C)CC2. The molecule has 1 amide bonds. The molecule has 2 N–H and O–H groups in total. The van der Waals surface area contributed by atoms with Gasteiger partial charge in [-0.1, -0.05) is 48.5 Å². The van der Waals surface area contributed by atoms with Crippen molar-refractivity contribution in [2.45, 2.75) is 152 Å². The van der Waals surface area contributed by atoms with E-state index in [1.54, 1.807) is 20.8 Å². The summed E-state index contributed by atoms with van der Waals surface area (Å²) >= 11 is 0. The number of carbonyl (C=O) groups is 3. The van der Waals surface area contributed by atoms with Crippen molar-refractivity contribution in [1.82, 2.24) is 5.32 Å². The molecule has 0 aromatic carbocycles. The van der Waals surface area contributed by atoms with Crippen molar-refractivity contribution in [3.8, 4) is 0 Å². The van der Waals surface area contributed by atoms with E-state index < -0.39 is 11.4 Å². The number of carbonyl (C=O) groups excluding carboxylic acids is 2. The lowest BCUT2D eigenvalue weighted by atomic mass is 9.32. The molecule has 5 rings (SSSR count). The first-order valence-electron chi connectivity index (χ1n) is 17.5. The van der Waals surface area contributed by atoms with Crippen molar-refractivity contribution in [2.75, 3.05) is 0 Å². The smallest absolute Gasteiger partial charge is 0.309 e. The summed E-state index contributed by atoms with van der Waals surface area (Å²) in [5.74, 6) is 2.34. The van der Waals surface area contributed by atoms with Crippen LogP contribution in [0.25, 0.3) is 0 Å². The van der Waals surface area contributed by atoms with Crippen molar-refractivity contribution in [2.24, 2.45) is 62.6 Å². The molecule has 244 valence electrons. The van der Waals surface area contributed by atoms with Crippen molar-refractivity contribution < 1.29 is 24.2 Å². The van der Waals surface area contributed by atoms with Gasteiger partial charge in [0.1, 0.15) is 6.10 Å². The molecular formula is C37H61NO5. The van der Waals surface area contributed by atoms with E-state index in [0.29, 0.717) is 35.5 Å². The van der Waals surface area contributed by atoms with E-state index in [1.165, 1.54) is 32.1 Å². The highest BCUT2D eigenvalue weighted by molar-refractivity contribution is 5.81. The molecular weight excluding hydrogens is 538 g/mol. The maximum atomic E-state index is 13.0. The van der Waals surface area contributed by atoms with Crippen molar-refractivity contribution in [1.29, 1.82) is 0 Å². The van der Waals surface area contributed by atoms with Crippen LogP contribution < -0.4 is 5.32 Å². The molecule has 0 aliphatic heterocycles. The standard InChI is InChI=1S/C37H61NO5/c1-22(2)24-13-18-37(38-23(3)39)20-19-35(9)25(30(24)37)11-12-27-34(8)16-15-28(43-29(40)21-32(4,5)31(41)42)33(6,7)26(34)14-17-36(27,35)10/h22,24-28,30H,11-21H2,1-10H3,(H,38,39)(H,41,42)/t24-,25+,26-,27+,28-,30+,34-,35+,36+,37-/m0/s1. The topological polar surface area (TPSA) is 92.7 Å². The van der Waals surface area contributed by atoms with Gasteiger partial charge in [-0.25, -0.2) is 0 Å². The fourth-order valence-corrected chi connectivity index (χ4v) is 12.8. The molecule has 5 fully saturated rings. The number of carboxylic acids is 1. The normalized spacial score (nSPS) is 45.3. The summed E-state index contributed by atoms with van der Waals surface area (Å²) in [6, 6.07) is 0. The molecule has 0 saturated heterocycles. The van der Waals surface area contributed by atoms with Gasteiger partial charge >= 0.3 is 11.9 Å². The molecule has 0 heterocycles. The van der Waals surface area contributed by atoms with Gasteiger partial charge in [0.25, 0.3) is 0 Å². The van der Waals surface area contributed by atoms with Crippen LogP contribution in [0, 0.1) is 62.6 Å². The van der Waals surface area contributed by atoms with E-state index in [-0.39, 0.29) is 51.6 Å². The Kier molecular flexibility index (Phi) is 7.99. The predicted molar refractivity (Wildman–Crippen MR) is 169 cm³/mol. The van der Waals surface area contributed by atoms with Gasteiger partial charge in [0, 0.05) is 17.9 Å². The molecule has 0 unspecified atom stereocenters. The third kappa shape index (κ3) is 4.80. The zero-order valence-electron chi connectivity index (χ0n) is 28.9. The quantitative estimate of drug-likeness (QED) is 0.302. The van der Waals surface area contributed by atoms with Crippen LogP contribution in [0.5, 0.6) is 0 Å². The van der Waals surface area contributed by atoms with Gasteiger partial charge in [-0.05, 0) is 130 Å². The number of aliphatic carboxylic acids is 1. The third-order valence-electron chi connectivity index (χ3n) is 15.1. The Hall–Kier alpha value is -1.59. The third-order valence-corrected chi connectivity index (χ3v) is 15.1. The van der Waals surface area contributed by atoms with Crippen molar-refractivity contribution >= 4 is 17.8 Å². The van der Waals surface area contributed by atoms with E-state index in [9.17, 15) is 19.5 Å². The Labute approximate surface area is 261 Å². The summed E-state index contributed by atoms with van der Waals surface area (Å²) < 4.78 is 6.14. The lowest BCUT2D eigenvalue weighted by Crippen LogP contribution is -2.69. The number of fused-ring (bicyclic) bond motifs is 7. The highest BCUT2D eigenvalue weighted by atomic mass is 16.5. The Morgan fingerprint density at radius 2 is 1.53 bits per heavy atom. The fourth-order valence-electron chi connectivity index (χ4n) is 12.8. The summed E-state index contributed by atoms with van der Waals surface area (Å²) in [5, 5.41) is 13.1.